The summed E-state index contributed by atoms with van der Waals surface area (Å²) in [6.45, 7) is 2.57. The maximum atomic E-state index is 11.2. The number of H-pyrrole nitrogens is 1. The van der Waals surface area contributed by atoms with Gasteiger partial charge in [-0.1, -0.05) is 0 Å². The molecule has 1 aromatic carbocycles. The zero-order valence-electron chi connectivity index (χ0n) is 12.7. The van der Waals surface area contributed by atoms with Gasteiger partial charge in [-0.2, -0.15) is 15.4 Å². The molecule has 0 unspecified atom stereocenters. The van der Waals surface area contributed by atoms with Crippen molar-refractivity contribution in [3.8, 4) is 17.0 Å². The third-order valence-corrected chi connectivity index (χ3v) is 3.01. The topological polar surface area (TPSA) is 120 Å². The largest absolute Gasteiger partial charge is 0.494 e. The highest BCUT2D eigenvalue weighted by Gasteiger charge is 2.14. The smallest absolute Gasteiger partial charge is 0.305 e. The van der Waals surface area contributed by atoms with Crippen LogP contribution in [-0.2, 0) is 9.53 Å². The molecule has 0 fully saturated rings. The third-order valence-electron chi connectivity index (χ3n) is 3.01. The van der Waals surface area contributed by atoms with Crippen LogP contribution in [0.1, 0.15) is 30.3 Å². The lowest BCUT2D eigenvalue weighted by atomic mass is 10.1. The first-order chi connectivity index (χ1) is 11.1. The summed E-state index contributed by atoms with van der Waals surface area (Å²) in [5, 5.41) is 10.0. The zero-order valence-corrected chi connectivity index (χ0v) is 12.7. The molecule has 8 heteroatoms. The minimum Gasteiger partial charge on any atom is -0.494 e. The quantitative estimate of drug-likeness (QED) is 0.559. The fourth-order valence-corrected chi connectivity index (χ4v) is 1.95. The van der Waals surface area contributed by atoms with Gasteiger partial charge in [0, 0.05) is 12.0 Å². The molecule has 0 atom stereocenters. The van der Waals surface area contributed by atoms with Crippen molar-refractivity contribution < 1.29 is 19.1 Å². The number of ether oxygens (including phenoxy) is 2. The second kappa shape index (κ2) is 7.92. The molecule has 2 rings (SSSR count). The molecular formula is C15H18N4O4. The van der Waals surface area contributed by atoms with Gasteiger partial charge >= 0.3 is 5.97 Å². The number of amides is 1. The van der Waals surface area contributed by atoms with Crippen LogP contribution in [0.3, 0.4) is 0 Å². The normalized spacial score (nSPS) is 10.3. The maximum Gasteiger partial charge on any atom is 0.305 e. The lowest BCUT2D eigenvalue weighted by Gasteiger charge is -2.06. The average molecular weight is 318 g/mol. The number of nitrogens with one attached hydrogen (secondary N) is 1. The van der Waals surface area contributed by atoms with Crippen LogP contribution in [0.4, 0.5) is 0 Å². The van der Waals surface area contributed by atoms with E-state index in [0.29, 0.717) is 43.1 Å². The molecule has 0 aliphatic rings. The Hall–Kier alpha value is -2.90. The van der Waals surface area contributed by atoms with Crippen LogP contribution in [0.15, 0.2) is 24.3 Å². The number of hydrogen-bond acceptors (Lipinski definition) is 6. The van der Waals surface area contributed by atoms with E-state index in [2.05, 4.69) is 15.4 Å². The Morgan fingerprint density at radius 2 is 1.96 bits per heavy atom. The van der Waals surface area contributed by atoms with Crippen LogP contribution in [0.25, 0.3) is 11.3 Å². The van der Waals surface area contributed by atoms with Crippen LogP contribution >= 0.6 is 0 Å². The Bertz CT molecular complexity index is 666. The van der Waals surface area contributed by atoms with Crippen molar-refractivity contribution in [2.75, 3.05) is 13.2 Å². The van der Waals surface area contributed by atoms with Gasteiger partial charge in [0.05, 0.1) is 13.2 Å². The van der Waals surface area contributed by atoms with Gasteiger partial charge in [0.25, 0.3) is 5.91 Å². The molecule has 2 aromatic rings. The number of carbonyl (C=O) groups is 2. The minimum absolute atomic E-state index is 0.0908. The molecular weight excluding hydrogens is 300 g/mol. The van der Waals surface area contributed by atoms with Gasteiger partial charge in [-0.25, -0.2) is 0 Å². The van der Waals surface area contributed by atoms with Gasteiger partial charge in [0.2, 0.25) is 0 Å². The third kappa shape index (κ3) is 4.53. The summed E-state index contributed by atoms with van der Waals surface area (Å²) in [6, 6.07) is 7.01. The van der Waals surface area contributed by atoms with Gasteiger partial charge < -0.3 is 15.2 Å². The van der Waals surface area contributed by atoms with Crippen molar-refractivity contribution in [2.45, 2.75) is 19.8 Å². The van der Waals surface area contributed by atoms with Gasteiger partial charge in [0.15, 0.2) is 5.69 Å². The highest BCUT2D eigenvalue weighted by atomic mass is 16.5. The monoisotopic (exact) mass is 318 g/mol. The molecule has 23 heavy (non-hydrogen) atoms. The van der Waals surface area contributed by atoms with Gasteiger partial charge in [-0.15, -0.1) is 0 Å². The highest BCUT2D eigenvalue weighted by Crippen LogP contribution is 2.22. The molecule has 8 nitrogen and oxygen atoms in total. The molecule has 1 heterocycles. The number of nitrogens with zero attached hydrogens (tertiary/aromatic N) is 2. The van der Waals surface area contributed by atoms with Crippen molar-refractivity contribution in [3.05, 3.63) is 30.0 Å². The van der Waals surface area contributed by atoms with E-state index in [9.17, 15) is 9.59 Å². The number of hydrogen-bond donors (Lipinski definition) is 2. The molecule has 0 saturated carbocycles. The summed E-state index contributed by atoms with van der Waals surface area (Å²) < 4.78 is 10.4. The standard InChI is InChI=1S/C15H18N4O4/c1-2-22-12(20)4-3-9-23-11-7-5-10(6-8-11)13-14(15(16)21)18-19-17-13/h5-8H,2-4,9H2,1H3,(H2,16,21)(H,17,18,19). The van der Waals surface area contributed by atoms with Crippen molar-refractivity contribution in [1.82, 2.24) is 15.4 Å². The second-order valence-corrected chi connectivity index (χ2v) is 4.67. The number of esters is 1. The number of primary amides is 1. The van der Waals surface area contributed by atoms with E-state index >= 15 is 0 Å². The number of aromatic nitrogens is 3. The van der Waals surface area contributed by atoms with Crippen molar-refractivity contribution >= 4 is 11.9 Å². The van der Waals surface area contributed by atoms with Gasteiger partial charge in [-0.05, 0) is 37.6 Å². The van der Waals surface area contributed by atoms with Crippen molar-refractivity contribution in [3.63, 3.8) is 0 Å². The number of carbonyl (C=O) groups excluding carboxylic acids is 2. The Labute approximate surface area is 133 Å². The SMILES string of the molecule is CCOC(=O)CCCOc1ccc(-c2n[nH]nc2C(N)=O)cc1. The number of aromatic amines is 1. The van der Waals surface area contributed by atoms with Gasteiger partial charge in [-0.3, -0.25) is 9.59 Å². The molecule has 0 spiro atoms. The van der Waals surface area contributed by atoms with E-state index < -0.39 is 5.91 Å². The number of nitrogens with two attached hydrogens (primary N) is 1. The van der Waals surface area contributed by atoms with E-state index in [1.807, 2.05) is 0 Å². The van der Waals surface area contributed by atoms with E-state index in [1.165, 1.54) is 0 Å². The number of rotatable bonds is 8. The molecule has 1 aromatic heterocycles. The fourth-order valence-electron chi connectivity index (χ4n) is 1.95. The van der Waals surface area contributed by atoms with Crippen LogP contribution < -0.4 is 10.5 Å². The molecule has 0 bridgehead atoms. The summed E-state index contributed by atoms with van der Waals surface area (Å²) in [4.78, 5) is 22.4. The average Bonchev–Trinajstić information content (AvgIpc) is 3.02. The predicted octanol–water partition coefficient (Wildman–Crippen LogP) is 1.29. The van der Waals surface area contributed by atoms with E-state index in [1.54, 1.807) is 31.2 Å². The fraction of sp³-hybridized carbons (Fsp3) is 0.333. The molecule has 0 aliphatic carbocycles. The van der Waals surface area contributed by atoms with Crippen LogP contribution in [0.5, 0.6) is 5.75 Å². The van der Waals surface area contributed by atoms with Crippen molar-refractivity contribution in [2.24, 2.45) is 5.73 Å². The number of benzene rings is 1. The molecule has 0 saturated heterocycles. The van der Waals surface area contributed by atoms with E-state index in [-0.39, 0.29) is 11.7 Å². The van der Waals surface area contributed by atoms with Crippen LogP contribution in [0, 0.1) is 0 Å². The first kappa shape index (κ1) is 16.5. The van der Waals surface area contributed by atoms with E-state index in [4.69, 9.17) is 15.2 Å². The Morgan fingerprint density at radius 1 is 1.22 bits per heavy atom. The molecule has 122 valence electrons. The lowest BCUT2D eigenvalue weighted by molar-refractivity contribution is -0.143. The summed E-state index contributed by atoms with van der Waals surface area (Å²) in [7, 11) is 0. The minimum atomic E-state index is -0.645. The van der Waals surface area contributed by atoms with Crippen LogP contribution in [-0.4, -0.2) is 40.5 Å². The summed E-state index contributed by atoms with van der Waals surface area (Å²) in [6.07, 6.45) is 0.905. The summed E-state index contributed by atoms with van der Waals surface area (Å²) >= 11 is 0. The summed E-state index contributed by atoms with van der Waals surface area (Å²) in [5.74, 6) is -0.216. The second-order valence-electron chi connectivity index (χ2n) is 4.67. The zero-order chi connectivity index (χ0) is 16.7. The predicted molar refractivity (Wildman–Crippen MR) is 81.7 cm³/mol. The Balaban J connectivity index is 1.89. The summed E-state index contributed by atoms with van der Waals surface area (Å²) in [5.41, 5.74) is 6.42. The molecule has 3 N–H and O–H groups in total. The molecule has 1 amide bonds. The van der Waals surface area contributed by atoms with E-state index in [0.717, 1.165) is 0 Å². The lowest BCUT2D eigenvalue weighted by Crippen LogP contribution is -2.12. The first-order valence-electron chi connectivity index (χ1n) is 7.21. The highest BCUT2D eigenvalue weighted by molar-refractivity contribution is 5.96. The van der Waals surface area contributed by atoms with Crippen molar-refractivity contribution in [1.29, 1.82) is 0 Å². The van der Waals surface area contributed by atoms with Gasteiger partial charge in [0.1, 0.15) is 11.4 Å². The molecule has 0 radical (unpaired) electrons. The Morgan fingerprint density at radius 3 is 2.61 bits per heavy atom. The molecule has 0 aliphatic heterocycles. The maximum absolute atomic E-state index is 11.2. The first-order valence-corrected chi connectivity index (χ1v) is 7.21. The van der Waals surface area contributed by atoms with Crippen LogP contribution in [0.2, 0.25) is 0 Å². The Kier molecular flexibility index (Phi) is 5.67.